The molecule has 1 amide bonds. The maximum Gasteiger partial charge on any atom is 0.265 e. The van der Waals surface area contributed by atoms with Gasteiger partial charge in [-0.25, -0.2) is 8.42 Å². The van der Waals surface area contributed by atoms with Gasteiger partial charge in [-0.1, -0.05) is 0 Å². The molecular formula is C10H10N2O3S. The number of benzene rings is 1. The van der Waals surface area contributed by atoms with Crippen molar-refractivity contribution in [2.45, 2.75) is 4.90 Å². The maximum atomic E-state index is 11.3. The highest BCUT2D eigenvalue weighted by atomic mass is 32.2. The standard InChI is InChI=1S/C10H10N2O3S/c1-16(14,15)7-2-3-8-6(4-7)5-9(12-8)10(11)13/h2-5,12H,1H3,(H2,11,13). The van der Waals surface area contributed by atoms with E-state index >= 15 is 0 Å². The van der Waals surface area contributed by atoms with Crippen LogP contribution in [0.2, 0.25) is 0 Å². The van der Waals surface area contributed by atoms with Crippen LogP contribution in [0.3, 0.4) is 0 Å². The topological polar surface area (TPSA) is 93.0 Å². The van der Waals surface area contributed by atoms with Crippen LogP contribution < -0.4 is 5.73 Å². The van der Waals surface area contributed by atoms with E-state index in [-0.39, 0.29) is 10.6 Å². The molecule has 0 saturated carbocycles. The lowest BCUT2D eigenvalue weighted by Crippen LogP contribution is -2.10. The van der Waals surface area contributed by atoms with E-state index in [0.717, 1.165) is 6.26 Å². The number of carbonyl (C=O) groups is 1. The monoisotopic (exact) mass is 238 g/mol. The van der Waals surface area contributed by atoms with Gasteiger partial charge in [0.2, 0.25) is 0 Å². The van der Waals surface area contributed by atoms with Gasteiger partial charge in [-0.05, 0) is 24.3 Å². The summed E-state index contributed by atoms with van der Waals surface area (Å²) >= 11 is 0. The molecule has 1 aromatic heterocycles. The van der Waals surface area contributed by atoms with Crippen LogP contribution in [0, 0.1) is 0 Å². The Kier molecular flexibility index (Phi) is 2.23. The van der Waals surface area contributed by atoms with Gasteiger partial charge in [-0.3, -0.25) is 4.79 Å². The lowest BCUT2D eigenvalue weighted by molar-refractivity contribution is 0.0996. The van der Waals surface area contributed by atoms with Crippen LogP contribution in [0.1, 0.15) is 10.5 Å². The first-order valence-electron chi connectivity index (χ1n) is 4.50. The van der Waals surface area contributed by atoms with E-state index < -0.39 is 15.7 Å². The highest BCUT2D eigenvalue weighted by Crippen LogP contribution is 2.19. The summed E-state index contributed by atoms with van der Waals surface area (Å²) in [6.07, 6.45) is 1.13. The van der Waals surface area contributed by atoms with Crippen molar-refractivity contribution in [3.63, 3.8) is 0 Å². The van der Waals surface area contributed by atoms with E-state index in [1.54, 1.807) is 6.07 Å². The van der Waals surface area contributed by atoms with Gasteiger partial charge in [-0.2, -0.15) is 0 Å². The van der Waals surface area contributed by atoms with Gasteiger partial charge in [0.1, 0.15) is 5.69 Å². The third-order valence-electron chi connectivity index (χ3n) is 2.29. The molecule has 2 aromatic rings. The van der Waals surface area contributed by atoms with Gasteiger partial charge in [0, 0.05) is 17.2 Å². The summed E-state index contributed by atoms with van der Waals surface area (Å²) in [4.78, 5) is 13.9. The molecule has 0 unspecified atom stereocenters. The number of aromatic amines is 1. The minimum atomic E-state index is -3.24. The number of fused-ring (bicyclic) bond motifs is 1. The second-order valence-electron chi connectivity index (χ2n) is 3.57. The second-order valence-corrected chi connectivity index (χ2v) is 5.58. The highest BCUT2D eigenvalue weighted by Gasteiger charge is 2.10. The fourth-order valence-electron chi connectivity index (χ4n) is 1.47. The number of amides is 1. The number of hydrogen-bond donors (Lipinski definition) is 2. The molecule has 84 valence electrons. The SMILES string of the molecule is CS(=O)(=O)c1ccc2[nH]c(C(N)=O)cc2c1. The Bertz CT molecular complexity index is 670. The van der Waals surface area contributed by atoms with E-state index in [1.165, 1.54) is 18.2 Å². The van der Waals surface area contributed by atoms with Crippen molar-refractivity contribution in [2.24, 2.45) is 5.73 Å². The third-order valence-corrected chi connectivity index (χ3v) is 3.40. The fraction of sp³-hybridized carbons (Fsp3) is 0.100. The highest BCUT2D eigenvalue weighted by molar-refractivity contribution is 7.90. The van der Waals surface area contributed by atoms with E-state index in [1.807, 2.05) is 0 Å². The van der Waals surface area contributed by atoms with E-state index in [4.69, 9.17) is 5.73 Å². The minimum Gasteiger partial charge on any atom is -0.364 e. The molecule has 0 spiro atoms. The predicted octanol–water partition coefficient (Wildman–Crippen LogP) is 0.670. The molecule has 0 aliphatic carbocycles. The number of hydrogen-bond acceptors (Lipinski definition) is 3. The molecule has 0 bridgehead atoms. The first-order valence-corrected chi connectivity index (χ1v) is 6.40. The average molecular weight is 238 g/mol. The van der Waals surface area contributed by atoms with E-state index in [0.29, 0.717) is 10.9 Å². The summed E-state index contributed by atoms with van der Waals surface area (Å²) in [6.45, 7) is 0. The Labute approximate surface area is 92.2 Å². The zero-order valence-corrected chi connectivity index (χ0v) is 9.34. The summed E-state index contributed by atoms with van der Waals surface area (Å²) < 4.78 is 22.6. The Balaban J connectivity index is 2.67. The number of nitrogens with two attached hydrogens (primary N) is 1. The predicted molar refractivity (Wildman–Crippen MR) is 59.9 cm³/mol. The Hall–Kier alpha value is -1.82. The smallest absolute Gasteiger partial charge is 0.265 e. The third kappa shape index (κ3) is 1.79. The number of nitrogens with one attached hydrogen (secondary N) is 1. The van der Waals surface area contributed by atoms with Crippen molar-refractivity contribution in [1.29, 1.82) is 0 Å². The molecule has 1 aromatic carbocycles. The molecule has 6 heteroatoms. The van der Waals surface area contributed by atoms with Crippen LogP contribution in [0.5, 0.6) is 0 Å². The van der Waals surface area contributed by atoms with Crippen molar-refractivity contribution < 1.29 is 13.2 Å². The summed E-state index contributed by atoms with van der Waals surface area (Å²) in [6, 6.07) is 6.14. The summed E-state index contributed by atoms with van der Waals surface area (Å²) in [5.41, 5.74) is 6.06. The number of aromatic nitrogens is 1. The van der Waals surface area contributed by atoms with Crippen LogP contribution in [0.4, 0.5) is 0 Å². The van der Waals surface area contributed by atoms with Crippen molar-refractivity contribution in [1.82, 2.24) is 4.98 Å². The van der Waals surface area contributed by atoms with Gasteiger partial charge < -0.3 is 10.7 Å². The van der Waals surface area contributed by atoms with Gasteiger partial charge in [-0.15, -0.1) is 0 Å². The molecule has 1 heterocycles. The lowest BCUT2D eigenvalue weighted by atomic mass is 10.2. The van der Waals surface area contributed by atoms with Crippen molar-refractivity contribution in [3.05, 3.63) is 30.0 Å². The van der Waals surface area contributed by atoms with Gasteiger partial charge in [0.15, 0.2) is 9.84 Å². The number of carbonyl (C=O) groups excluding carboxylic acids is 1. The maximum absolute atomic E-state index is 11.3. The van der Waals surface area contributed by atoms with Crippen LogP contribution in [0.15, 0.2) is 29.2 Å². The second kappa shape index (κ2) is 3.34. The van der Waals surface area contributed by atoms with Crippen LogP contribution in [-0.2, 0) is 9.84 Å². The molecule has 0 saturated heterocycles. The Morgan fingerprint density at radius 1 is 1.31 bits per heavy atom. The lowest BCUT2D eigenvalue weighted by Gasteiger charge is -1.97. The molecule has 0 aliphatic heterocycles. The Morgan fingerprint density at radius 2 is 2.00 bits per heavy atom. The molecule has 0 radical (unpaired) electrons. The molecule has 3 N–H and O–H groups in total. The number of primary amides is 1. The van der Waals surface area contributed by atoms with Gasteiger partial charge in [0.25, 0.3) is 5.91 Å². The Morgan fingerprint density at radius 3 is 2.56 bits per heavy atom. The van der Waals surface area contributed by atoms with Crippen LogP contribution in [-0.4, -0.2) is 25.6 Å². The largest absolute Gasteiger partial charge is 0.364 e. The summed E-state index contributed by atoms with van der Waals surface area (Å²) in [5.74, 6) is -0.572. The molecule has 0 fully saturated rings. The molecule has 2 rings (SSSR count). The molecule has 5 nitrogen and oxygen atoms in total. The zero-order valence-electron chi connectivity index (χ0n) is 8.52. The van der Waals surface area contributed by atoms with Crippen molar-refractivity contribution >= 4 is 26.6 Å². The van der Waals surface area contributed by atoms with Crippen LogP contribution in [0.25, 0.3) is 10.9 Å². The summed E-state index contributed by atoms with van der Waals surface area (Å²) in [7, 11) is -3.24. The fourth-order valence-corrected chi connectivity index (χ4v) is 2.13. The first kappa shape index (κ1) is 10.7. The first-order chi connectivity index (χ1) is 7.38. The van der Waals surface area contributed by atoms with Gasteiger partial charge in [0.05, 0.1) is 4.90 Å². The van der Waals surface area contributed by atoms with Crippen molar-refractivity contribution in [3.8, 4) is 0 Å². The van der Waals surface area contributed by atoms with E-state index in [2.05, 4.69) is 4.98 Å². The number of H-pyrrole nitrogens is 1. The molecule has 0 aliphatic rings. The average Bonchev–Trinajstić information content (AvgIpc) is 2.58. The number of rotatable bonds is 2. The molecular weight excluding hydrogens is 228 g/mol. The molecule has 16 heavy (non-hydrogen) atoms. The van der Waals surface area contributed by atoms with Crippen molar-refractivity contribution in [2.75, 3.05) is 6.26 Å². The summed E-state index contributed by atoms with van der Waals surface area (Å²) in [5, 5.41) is 0.650. The molecule has 0 atom stereocenters. The van der Waals surface area contributed by atoms with Crippen LogP contribution >= 0.6 is 0 Å². The zero-order chi connectivity index (χ0) is 11.9. The quantitative estimate of drug-likeness (QED) is 0.805. The van der Waals surface area contributed by atoms with Gasteiger partial charge >= 0.3 is 0 Å². The normalized spacial score (nSPS) is 11.8. The minimum absolute atomic E-state index is 0.218. The number of sulfone groups is 1. The van der Waals surface area contributed by atoms with E-state index in [9.17, 15) is 13.2 Å².